The van der Waals surface area contributed by atoms with Crippen LogP contribution in [0.15, 0.2) is 29.2 Å². The average molecular weight is 329 g/mol. The maximum absolute atomic E-state index is 12.0. The molecule has 1 aromatic rings. The number of benzene rings is 1. The van der Waals surface area contributed by atoms with Crippen LogP contribution < -0.4 is 4.74 Å². The Morgan fingerprint density at radius 3 is 2.35 bits per heavy atom. The predicted octanol–water partition coefficient (Wildman–Crippen LogP) is 4.50. The van der Waals surface area contributed by atoms with Gasteiger partial charge in [-0.05, 0) is 30.7 Å². The highest BCUT2D eigenvalue weighted by atomic mass is 79.9. The van der Waals surface area contributed by atoms with Crippen LogP contribution in [0.25, 0.3) is 0 Å². The SMILES string of the molecule is FC(F)(F)CSc1ccc(OCCCBr)cc1. The van der Waals surface area contributed by atoms with Crippen LogP contribution in [0.1, 0.15) is 6.42 Å². The number of alkyl halides is 4. The second kappa shape index (κ2) is 7.16. The minimum absolute atomic E-state index is 0.593. The number of rotatable bonds is 6. The molecule has 6 heteroatoms. The molecular weight excluding hydrogens is 317 g/mol. The number of ether oxygens (including phenoxy) is 1. The van der Waals surface area contributed by atoms with Crippen molar-refractivity contribution in [3.05, 3.63) is 24.3 Å². The molecule has 0 fully saturated rings. The van der Waals surface area contributed by atoms with Crippen LogP contribution in [0.2, 0.25) is 0 Å². The molecule has 0 spiro atoms. The van der Waals surface area contributed by atoms with Crippen molar-refractivity contribution in [2.45, 2.75) is 17.5 Å². The zero-order valence-corrected chi connectivity index (χ0v) is 11.4. The van der Waals surface area contributed by atoms with Crippen LogP contribution in [0.5, 0.6) is 5.75 Å². The van der Waals surface area contributed by atoms with E-state index in [2.05, 4.69) is 15.9 Å². The zero-order valence-electron chi connectivity index (χ0n) is 8.97. The van der Waals surface area contributed by atoms with Crippen LogP contribution in [0, 0.1) is 0 Å². The van der Waals surface area contributed by atoms with Gasteiger partial charge in [0.25, 0.3) is 0 Å². The van der Waals surface area contributed by atoms with E-state index >= 15 is 0 Å². The molecule has 96 valence electrons. The first kappa shape index (κ1) is 14.7. The van der Waals surface area contributed by atoms with Crippen LogP contribution in [0.3, 0.4) is 0 Å². The van der Waals surface area contributed by atoms with Crippen molar-refractivity contribution in [2.75, 3.05) is 17.7 Å². The van der Waals surface area contributed by atoms with Gasteiger partial charge in [-0.3, -0.25) is 0 Å². The van der Waals surface area contributed by atoms with Crippen molar-refractivity contribution < 1.29 is 17.9 Å². The first-order valence-electron chi connectivity index (χ1n) is 4.99. The van der Waals surface area contributed by atoms with Gasteiger partial charge in [-0.2, -0.15) is 13.2 Å². The largest absolute Gasteiger partial charge is 0.494 e. The summed E-state index contributed by atoms with van der Waals surface area (Å²) in [4.78, 5) is 0.593. The highest BCUT2D eigenvalue weighted by Gasteiger charge is 2.27. The van der Waals surface area contributed by atoms with Gasteiger partial charge in [0, 0.05) is 10.2 Å². The van der Waals surface area contributed by atoms with E-state index in [1.807, 2.05) is 0 Å². The number of hydrogen-bond donors (Lipinski definition) is 0. The van der Waals surface area contributed by atoms with Gasteiger partial charge in [0.1, 0.15) is 5.75 Å². The van der Waals surface area contributed by atoms with E-state index in [9.17, 15) is 13.2 Å². The van der Waals surface area contributed by atoms with Crippen LogP contribution in [0.4, 0.5) is 13.2 Å². The summed E-state index contributed by atoms with van der Waals surface area (Å²) in [6.45, 7) is 0.598. The molecule has 1 aromatic carbocycles. The van der Waals surface area contributed by atoms with Crippen molar-refractivity contribution >= 4 is 27.7 Å². The van der Waals surface area contributed by atoms with Crippen molar-refractivity contribution in [1.82, 2.24) is 0 Å². The Balaban J connectivity index is 2.39. The van der Waals surface area contributed by atoms with Gasteiger partial charge in [-0.25, -0.2) is 0 Å². The molecule has 1 nitrogen and oxygen atoms in total. The summed E-state index contributed by atoms with van der Waals surface area (Å²) in [6.07, 6.45) is -3.24. The molecule has 0 heterocycles. The summed E-state index contributed by atoms with van der Waals surface area (Å²) in [5.41, 5.74) is 0. The highest BCUT2D eigenvalue weighted by Crippen LogP contribution is 2.28. The standard InChI is InChI=1S/C11H12BrF3OS/c12-6-1-7-16-9-2-4-10(5-3-9)17-8-11(13,14)15/h2-5H,1,6-8H2. The van der Waals surface area contributed by atoms with E-state index in [0.29, 0.717) is 17.3 Å². The highest BCUT2D eigenvalue weighted by molar-refractivity contribution is 9.09. The number of hydrogen-bond acceptors (Lipinski definition) is 2. The molecule has 1 rings (SSSR count). The Morgan fingerprint density at radius 2 is 1.82 bits per heavy atom. The fourth-order valence-electron chi connectivity index (χ4n) is 1.04. The Bertz CT molecular complexity index is 326. The van der Waals surface area contributed by atoms with E-state index in [1.54, 1.807) is 24.3 Å². The third-order valence-electron chi connectivity index (χ3n) is 1.77. The lowest BCUT2D eigenvalue weighted by Gasteiger charge is -2.07. The van der Waals surface area contributed by atoms with Crippen LogP contribution >= 0.6 is 27.7 Å². The monoisotopic (exact) mass is 328 g/mol. The average Bonchev–Trinajstić information content (AvgIpc) is 2.27. The van der Waals surface area contributed by atoms with E-state index in [-0.39, 0.29) is 0 Å². The summed E-state index contributed by atoms with van der Waals surface area (Å²) in [5.74, 6) is -0.182. The third-order valence-corrected chi connectivity index (χ3v) is 3.41. The summed E-state index contributed by atoms with van der Waals surface area (Å²) in [6, 6.07) is 6.65. The summed E-state index contributed by atoms with van der Waals surface area (Å²) in [5, 5.41) is 0.868. The van der Waals surface area contributed by atoms with Gasteiger partial charge in [0.15, 0.2) is 0 Å². The molecule has 0 saturated heterocycles. The van der Waals surface area contributed by atoms with Gasteiger partial charge in [0.2, 0.25) is 0 Å². The van der Waals surface area contributed by atoms with Crippen molar-refractivity contribution in [3.63, 3.8) is 0 Å². The third kappa shape index (κ3) is 6.83. The summed E-state index contributed by atoms with van der Waals surface area (Å²) >= 11 is 4.06. The molecule has 0 N–H and O–H groups in total. The number of thioether (sulfide) groups is 1. The lowest BCUT2D eigenvalue weighted by molar-refractivity contribution is -0.105. The second-order valence-corrected chi connectivity index (χ2v) is 5.11. The first-order chi connectivity index (χ1) is 8.01. The Kier molecular flexibility index (Phi) is 6.19. The van der Waals surface area contributed by atoms with Crippen molar-refractivity contribution in [2.24, 2.45) is 0 Å². The van der Waals surface area contributed by atoms with Gasteiger partial charge in [0.05, 0.1) is 12.4 Å². The summed E-state index contributed by atoms with van der Waals surface area (Å²) < 4.78 is 41.3. The van der Waals surface area contributed by atoms with Crippen LogP contribution in [-0.2, 0) is 0 Å². The van der Waals surface area contributed by atoms with E-state index in [0.717, 1.165) is 23.5 Å². The van der Waals surface area contributed by atoms with Crippen LogP contribution in [-0.4, -0.2) is 23.9 Å². The molecule has 0 aliphatic rings. The van der Waals surface area contributed by atoms with Gasteiger partial charge < -0.3 is 4.74 Å². The fourth-order valence-corrected chi connectivity index (χ4v) is 1.93. The number of halogens is 4. The van der Waals surface area contributed by atoms with E-state index in [1.165, 1.54) is 0 Å². The maximum atomic E-state index is 12.0. The minimum Gasteiger partial charge on any atom is -0.494 e. The molecular formula is C11H12BrF3OS. The smallest absolute Gasteiger partial charge is 0.398 e. The second-order valence-electron chi connectivity index (χ2n) is 3.27. The quantitative estimate of drug-likeness (QED) is 0.432. The molecule has 0 aliphatic carbocycles. The molecule has 0 aliphatic heterocycles. The Hall–Kier alpha value is -0.360. The van der Waals surface area contributed by atoms with Crippen molar-refractivity contribution in [1.29, 1.82) is 0 Å². The maximum Gasteiger partial charge on any atom is 0.398 e. The molecule has 0 bridgehead atoms. The predicted molar refractivity (Wildman–Crippen MR) is 67.1 cm³/mol. The zero-order chi connectivity index (χ0) is 12.7. The molecule has 0 radical (unpaired) electrons. The van der Waals surface area contributed by atoms with E-state index < -0.39 is 11.9 Å². The first-order valence-corrected chi connectivity index (χ1v) is 7.10. The molecule has 17 heavy (non-hydrogen) atoms. The molecule has 0 unspecified atom stereocenters. The van der Waals surface area contributed by atoms with Gasteiger partial charge in [-0.15, -0.1) is 11.8 Å². The van der Waals surface area contributed by atoms with Gasteiger partial charge >= 0.3 is 6.18 Å². The Labute approximate surface area is 111 Å². The normalized spacial score (nSPS) is 11.5. The van der Waals surface area contributed by atoms with E-state index in [4.69, 9.17) is 4.74 Å². The molecule has 0 amide bonds. The van der Waals surface area contributed by atoms with Gasteiger partial charge in [-0.1, -0.05) is 15.9 Å². The van der Waals surface area contributed by atoms with Crippen molar-refractivity contribution in [3.8, 4) is 5.75 Å². The fraction of sp³-hybridized carbons (Fsp3) is 0.455. The lowest BCUT2D eigenvalue weighted by atomic mass is 10.3. The Morgan fingerprint density at radius 1 is 1.18 bits per heavy atom. The summed E-state index contributed by atoms with van der Waals surface area (Å²) in [7, 11) is 0. The lowest BCUT2D eigenvalue weighted by Crippen LogP contribution is -2.10. The topological polar surface area (TPSA) is 9.23 Å². The molecule has 0 aromatic heterocycles. The minimum atomic E-state index is -4.13. The molecule has 0 saturated carbocycles. The molecule has 0 atom stereocenters.